The van der Waals surface area contributed by atoms with Gasteiger partial charge >= 0.3 is 5.97 Å². The number of methoxy groups -OCH3 is 1. The molecule has 0 aliphatic rings. The molecule has 0 aliphatic heterocycles. The van der Waals surface area contributed by atoms with Crippen LogP contribution in [0.5, 0.6) is 0 Å². The predicted molar refractivity (Wildman–Crippen MR) is 73.3 cm³/mol. The number of nitrogen functional groups attached to an aromatic ring is 1. The first-order valence-corrected chi connectivity index (χ1v) is 6.44. The van der Waals surface area contributed by atoms with Gasteiger partial charge in [0.25, 0.3) is 0 Å². The monoisotopic (exact) mass is 281 g/mol. The fourth-order valence-electron chi connectivity index (χ4n) is 1.65. The van der Waals surface area contributed by atoms with Crippen molar-refractivity contribution in [2.45, 2.75) is 6.42 Å². The largest absolute Gasteiger partial charge is 0.465 e. The molecule has 0 fully saturated rings. The minimum atomic E-state index is -0.481. The smallest absolute Gasteiger partial charge is 0.344 e. The predicted octanol–water partition coefficient (Wildman–Crippen LogP) is 0.900. The van der Waals surface area contributed by atoms with E-state index in [2.05, 4.69) is 19.4 Å². The number of ether oxygens (including phenoxy) is 1. The average Bonchev–Trinajstić information content (AvgIpc) is 2.96. The number of nitrogens with one attached hydrogen (secondary N) is 1. The molecule has 0 spiro atoms. The van der Waals surface area contributed by atoms with E-state index in [1.54, 1.807) is 6.20 Å². The highest BCUT2D eigenvalue weighted by Gasteiger charge is 2.19. The maximum Gasteiger partial charge on any atom is 0.344 e. The molecule has 3 N–H and O–H groups in total. The van der Waals surface area contributed by atoms with Gasteiger partial charge in [0.15, 0.2) is 5.82 Å². The van der Waals surface area contributed by atoms with E-state index in [4.69, 9.17) is 5.73 Å². The molecule has 7 nitrogen and oxygen atoms in total. The summed E-state index contributed by atoms with van der Waals surface area (Å²) >= 11 is 1.15. The van der Waals surface area contributed by atoms with Crippen molar-refractivity contribution in [2.75, 3.05) is 24.7 Å². The van der Waals surface area contributed by atoms with Gasteiger partial charge in [-0.15, -0.1) is 0 Å². The van der Waals surface area contributed by atoms with Gasteiger partial charge in [-0.05, 0) is 11.5 Å². The van der Waals surface area contributed by atoms with Gasteiger partial charge in [-0.1, -0.05) is 0 Å². The number of nitrogens with zero attached hydrogens (tertiary/aromatic N) is 3. The molecular weight excluding hydrogens is 266 g/mol. The molecule has 0 radical (unpaired) electrons. The summed E-state index contributed by atoms with van der Waals surface area (Å²) in [4.78, 5) is 15.8. The van der Waals surface area contributed by atoms with Crippen LogP contribution in [0.3, 0.4) is 0 Å². The summed E-state index contributed by atoms with van der Waals surface area (Å²) < 4.78 is 10.6. The number of carbonyl (C=O) groups excluding carboxylic acids is 1. The highest BCUT2D eigenvalue weighted by atomic mass is 32.1. The maximum atomic E-state index is 11.6. The highest BCUT2D eigenvalue weighted by molar-refractivity contribution is 7.11. The molecule has 2 heterocycles. The van der Waals surface area contributed by atoms with Gasteiger partial charge in [0.1, 0.15) is 16.4 Å². The topological polar surface area (TPSA) is 95.1 Å². The van der Waals surface area contributed by atoms with Crippen LogP contribution in [0.4, 0.5) is 10.8 Å². The van der Waals surface area contributed by atoms with E-state index < -0.39 is 5.97 Å². The quantitative estimate of drug-likeness (QED) is 0.791. The summed E-state index contributed by atoms with van der Waals surface area (Å²) in [6.07, 6.45) is 4.38. The molecule has 0 bridgehead atoms. The zero-order chi connectivity index (χ0) is 13.8. The number of aryl methyl sites for hydroxylation is 1. The van der Waals surface area contributed by atoms with Crippen LogP contribution >= 0.6 is 11.5 Å². The Morgan fingerprint density at radius 1 is 1.63 bits per heavy atom. The van der Waals surface area contributed by atoms with Crippen LogP contribution in [-0.2, 0) is 18.2 Å². The van der Waals surface area contributed by atoms with Crippen molar-refractivity contribution in [3.8, 4) is 0 Å². The minimum Gasteiger partial charge on any atom is -0.465 e. The number of nitrogens with two attached hydrogens (primary N) is 1. The van der Waals surface area contributed by atoms with Crippen molar-refractivity contribution < 1.29 is 9.53 Å². The lowest BCUT2D eigenvalue weighted by atomic mass is 10.3. The lowest BCUT2D eigenvalue weighted by molar-refractivity contribution is 0.0603. The van der Waals surface area contributed by atoms with Crippen LogP contribution in [0.1, 0.15) is 16.2 Å². The van der Waals surface area contributed by atoms with Crippen molar-refractivity contribution in [3.63, 3.8) is 0 Å². The fraction of sp³-hybridized carbons (Fsp3) is 0.364. The molecular formula is C11H15N5O2S. The Bertz CT molecular complexity index is 577. The van der Waals surface area contributed by atoms with Crippen LogP contribution in [0, 0.1) is 0 Å². The number of hydrogen-bond donors (Lipinski definition) is 2. The first-order valence-electron chi connectivity index (χ1n) is 5.67. The van der Waals surface area contributed by atoms with Crippen molar-refractivity contribution in [2.24, 2.45) is 7.05 Å². The van der Waals surface area contributed by atoms with E-state index in [-0.39, 0.29) is 5.82 Å². The zero-order valence-corrected chi connectivity index (χ0v) is 11.5. The van der Waals surface area contributed by atoms with E-state index in [1.807, 2.05) is 17.8 Å². The van der Waals surface area contributed by atoms with E-state index >= 15 is 0 Å². The lowest BCUT2D eigenvalue weighted by Crippen LogP contribution is -2.11. The SMILES string of the molecule is COC(=O)c1c(N)nsc1NCCc1nccn1C. The molecule has 2 aromatic heterocycles. The third-order valence-electron chi connectivity index (χ3n) is 2.66. The molecule has 0 aromatic carbocycles. The van der Waals surface area contributed by atoms with E-state index in [0.717, 1.165) is 23.8 Å². The van der Waals surface area contributed by atoms with Crippen LogP contribution in [0.15, 0.2) is 12.4 Å². The summed E-state index contributed by atoms with van der Waals surface area (Å²) in [5.74, 6) is 0.673. The summed E-state index contributed by atoms with van der Waals surface area (Å²) in [5.41, 5.74) is 5.95. The summed E-state index contributed by atoms with van der Waals surface area (Å²) in [6.45, 7) is 0.635. The Labute approximate surface area is 114 Å². The van der Waals surface area contributed by atoms with Gasteiger partial charge in [-0.3, -0.25) is 0 Å². The molecule has 0 saturated heterocycles. The average molecular weight is 281 g/mol. The van der Waals surface area contributed by atoms with E-state index in [1.165, 1.54) is 7.11 Å². The summed E-state index contributed by atoms with van der Waals surface area (Å²) in [5, 5.41) is 3.76. The number of esters is 1. The Balaban J connectivity index is 2.00. The van der Waals surface area contributed by atoms with Crippen LogP contribution < -0.4 is 11.1 Å². The van der Waals surface area contributed by atoms with E-state index in [0.29, 0.717) is 17.1 Å². The maximum absolute atomic E-state index is 11.6. The van der Waals surface area contributed by atoms with Gasteiger partial charge in [0.2, 0.25) is 0 Å². The summed E-state index contributed by atoms with van der Waals surface area (Å²) in [6, 6.07) is 0. The number of aromatic nitrogens is 3. The lowest BCUT2D eigenvalue weighted by Gasteiger charge is -2.06. The van der Waals surface area contributed by atoms with Gasteiger partial charge in [-0.2, -0.15) is 4.37 Å². The van der Waals surface area contributed by atoms with Crippen LogP contribution in [0.25, 0.3) is 0 Å². The molecule has 19 heavy (non-hydrogen) atoms. The van der Waals surface area contributed by atoms with Crippen LogP contribution in [-0.4, -0.2) is 33.5 Å². The van der Waals surface area contributed by atoms with E-state index in [9.17, 15) is 4.79 Å². The molecule has 0 amide bonds. The standard InChI is InChI=1S/C11H15N5O2S/c1-16-6-5-13-7(16)3-4-14-10-8(11(17)18-2)9(12)15-19-10/h5-6,14H,3-4H2,1-2H3,(H2,12,15). The van der Waals surface area contributed by atoms with Crippen molar-refractivity contribution in [3.05, 3.63) is 23.8 Å². The Morgan fingerprint density at radius 3 is 3.05 bits per heavy atom. The number of rotatable bonds is 5. The second kappa shape index (κ2) is 5.70. The van der Waals surface area contributed by atoms with Crippen molar-refractivity contribution >= 4 is 28.3 Å². The number of imidazole rings is 1. The molecule has 0 saturated carbocycles. The molecule has 8 heteroatoms. The third-order valence-corrected chi connectivity index (χ3v) is 3.48. The first kappa shape index (κ1) is 13.3. The highest BCUT2D eigenvalue weighted by Crippen LogP contribution is 2.27. The van der Waals surface area contributed by atoms with Crippen LogP contribution in [0.2, 0.25) is 0 Å². The summed E-state index contributed by atoms with van der Waals surface area (Å²) in [7, 11) is 3.25. The molecule has 102 valence electrons. The third kappa shape index (κ3) is 2.84. The van der Waals surface area contributed by atoms with Crippen molar-refractivity contribution in [1.29, 1.82) is 0 Å². The van der Waals surface area contributed by atoms with Gasteiger partial charge < -0.3 is 20.4 Å². The Kier molecular flexibility index (Phi) is 4.00. The molecule has 2 rings (SSSR count). The van der Waals surface area contributed by atoms with Gasteiger partial charge in [0, 0.05) is 32.4 Å². The number of hydrogen-bond acceptors (Lipinski definition) is 7. The Morgan fingerprint density at radius 2 is 2.42 bits per heavy atom. The number of anilines is 2. The van der Waals surface area contributed by atoms with Gasteiger partial charge in [0.05, 0.1) is 7.11 Å². The first-order chi connectivity index (χ1) is 9.13. The molecule has 0 atom stereocenters. The fourth-order valence-corrected chi connectivity index (χ4v) is 2.37. The Hall–Kier alpha value is -2.09. The molecule has 0 unspecified atom stereocenters. The van der Waals surface area contributed by atoms with Crippen molar-refractivity contribution in [1.82, 2.24) is 13.9 Å². The second-order valence-corrected chi connectivity index (χ2v) is 4.67. The minimum absolute atomic E-state index is 0.191. The second-order valence-electron chi connectivity index (χ2n) is 3.89. The zero-order valence-electron chi connectivity index (χ0n) is 10.7. The normalized spacial score (nSPS) is 10.4. The molecule has 2 aromatic rings. The molecule has 0 aliphatic carbocycles. The number of carbonyl (C=O) groups is 1. The van der Waals surface area contributed by atoms with Gasteiger partial charge in [-0.25, -0.2) is 9.78 Å².